The van der Waals surface area contributed by atoms with Crippen LogP contribution in [-0.2, 0) is 4.79 Å². The average molecular weight is 260 g/mol. The molecular weight excluding hydrogens is 253 g/mol. The number of hydrogen-bond acceptors (Lipinski definition) is 3. The maximum absolute atomic E-state index is 12.9. The van der Waals surface area contributed by atoms with Crippen molar-refractivity contribution in [1.82, 2.24) is 0 Å². The third-order valence-corrected chi connectivity index (χ3v) is 3.49. The first-order chi connectivity index (χ1) is 7.58. The van der Waals surface area contributed by atoms with Crippen molar-refractivity contribution in [3.05, 3.63) is 34.6 Å². The molecule has 1 unspecified atom stereocenters. The standard InChI is InChI=1S/C10H7ClFNO2S/c11-6-3-5(1-2-7(6)12)9-13-8(4-16-9)10(14)15/h1-3,8H,4H2,(H,14,15). The number of aliphatic imine (C=N–C) groups is 1. The van der Waals surface area contributed by atoms with Crippen LogP contribution in [0.3, 0.4) is 0 Å². The summed E-state index contributed by atoms with van der Waals surface area (Å²) in [5.41, 5.74) is 0.653. The van der Waals surface area contributed by atoms with Crippen LogP contribution in [0.15, 0.2) is 23.2 Å². The SMILES string of the molecule is O=C(O)C1CSC(c2ccc(F)c(Cl)c2)=N1. The van der Waals surface area contributed by atoms with E-state index in [-0.39, 0.29) is 5.02 Å². The van der Waals surface area contributed by atoms with Gasteiger partial charge in [-0.1, -0.05) is 11.6 Å². The van der Waals surface area contributed by atoms with E-state index in [2.05, 4.69) is 4.99 Å². The largest absolute Gasteiger partial charge is 0.480 e. The number of carbonyl (C=O) groups is 1. The summed E-state index contributed by atoms with van der Waals surface area (Å²) < 4.78 is 12.9. The molecule has 0 spiro atoms. The van der Waals surface area contributed by atoms with Crippen molar-refractivity contribution in [2.24, 2.45) is 4.99 Å². The first-order valence-electron chi connectivity index (χ1n) is 4.47. The molecule has 84 valence electrons. The predicted molar refractivity (Wildman–Crippen MR) is 61.8 cm³/mol. The van der Waals surface area contributed by atoms with Gasteiger partial charge in [0.1, 0.15) is 5.82 Å². The summed E-state index contributed by atoms with van der Waals surface area (Å²) in [6.07, 6.45) is 0. The number of carboxylic acid groups (broad SMARTS) is 1. The Balaban J connectivity index is 2.29. The second-order valence-electron chi connectivity index (χ2n) is 3.23. The number of hydrogen-bond donors (Lipinski definition) is 1. The minimum absolute atomic E-state index is 0.0135. The van der Waals surface area contributed by atoms with Gasteiger partial charge in [0.15, 0.2) is 6.04 Å². The van der Waals surface area contributed by atoms with Crippen LogP contribution in [0.5, 0.6) is 0 Å². The van der Waals surface area contributed by atoms with Crippen molar-refractivity contribution in [3.63, 3.8) is 0 Å². The van der Waals surface area contributed by atoms with Crippen LogP contribution in [0.1, 0.15) is 5.56 Å². The molecule has 0 amide bonds. The lowest BCUT2D eigenvalue weighted by molar-refractivity contribution is -0.137. The minimum atomic E-state index is -0.948. The molecule has 0 radical (unpaired) electrons. The summed E-state index contributed by atoms with van der Waals surface area (Å²) >= 11 is 6.97. The molecule has 1 heterocycles. The van der Waals surface area contributed by atoms with Gasteiger partial charge in [0, 0.05) is 11.3 Å². The maximum atomic E-state index is 12.9. The number of halogens is 2. The molecule has 16 heavy (non-hydrogen) atoms. The quantitative estimate of drug-likeness (QED) is 0.887. The number of carboxylic acids is 1. The average Bonchev–Trinajstić information content (AvgIpc) is 2.71. The monoisotopic (exact) mass is 259 g/mol. The van der Waals surface area contributed by atoms with Gasteiger partial charge in [0.2, 0.25) is 0 Å². The molecule has 0 saturated carbocycles. The van der Waals surface area contributed by atoms with Gasteiger partial charge in [-0.25, -0.2) is 9.18 Å². The van der Waals surface area contributed by atoms with Gasteiger partial charge in [0.05, 0.1) is 10.1 Å². The van der Waals surface area contributed by atoms with E-state index in [9.17, 15) is 9.18 Å². The topological polar surface area (TPSA) is 49.7 Å². The number of rotatable bonds is 2. The van der Waals surface area contributed by atoms with Gasteiger partial charge in [-0.05, 0) is 18.2 Å². The van der Waals surface area contributed by atoms with Crippen molar-refractivity contribution >= 4 is 34.4 Å². The highest BCUT2D eigenvalue weighted by molar-refractivity contribution is 8.14. The molecular formula is C10H7ClFNO2S. The smallest absolute Gasteiger partial charge is 0.329 e. The van der Waals surface area contributed by atoms with Gasteiger partial charge < -0.3 is 5.11 Å². The minimum Gasteiger partial charge on any atom is -0.480 e. The van der Waals surface area contributed by atoms with Crippen molar-refractivity contribution < 1.29 is 14.3 Å². The van der Waals surface area contributed by atoms with Gasteiger partial charge >= 0.3 is 5.97 Å². The zero-order valence-electron chi connectivity index (χ0n) is 7.98. The van der Waals surface area contributed by atoms with Gasteiger partial charge in [-0.15, -0.1) is 11.8 Å². The Labute approximate surface area is 100 Å². The number of aliphatic carboxylic acids is 1. The van der Waals surface area contributed by atoms with E-state index in [0.29, 0.717) is 16.4 Å². The molecule has 0 aliphatic carbocycles. The summed E-state index contributed by atoms with van der Waals surface area (Å²) in [6.45, 7) is 0. The van der Waals surface area contributed by atoms with E-state index < -0.39 is 17.8 Å². The molecule has 1 atom stereocenters. The van der Waals surface area contributed by atoms with Crippen LogP contribution in [0, 0.1) is 5.82 Å². The Morgan fingerprint density at radius 1 is 1.62 bits per heavy atom. The molecule has 1 aliphatic rings. The lowest BCUT2D eigenvalue weighted by atomic mass is 10.2. The van der Waals surface area contributed by atoms with Crippen LogP contribution < -0.4 is 0 Å². The summed E-state index contributed by atoms with van der Waals surface area (Å²) in [7, 11) is 0. The van der Waals surface area contributed by atoms with E-state index in [1.54, 1.807) is 0 Å². The highest BCUT2D eigenvalue weighted by Crippen LogP contribution is 2.26. The van der Waals surface area contributed by atoms with E-state index in [1.807, 2.05) is 0 Å². The fraction of sp³-hybridized carbons (Fsp3) is 0.200. The third-order valence-electron chi connectivity index (χ3n) is 2.10. The Kier molecular flexibility index (Phi) is 3.16. The van der Waals surface area contributed by atoms with E-state index in [0.717, 1.165) is 0 Å². The normalized spacial score (nSPS) is 19.6. The Bertz CT molecular complexity index is 478. The molecule has 1 aromatic rings. The molecule has 1 aromatic carbocycles. The van der Waals surface area contributed by atoms with Crippen LogP contribution in [0.25, 0.3) is 0 Å². The molecule has 3 nitrogen and oxygen atoms in total. The fourth-order valence-corrected chi connectivity index (χ4v) is 2.50. The van der Waals surface area contributed by atoms with Crippen LogP contribution in [0.4, 0.5) is 4.39 Å². The van der Waals surface area contributed by atoms with Crippen LogP contribution in [0.2, 0.25) is 5.02 Å². The van der Waals surface area contributed by atoms with Gasteiger partial charge in [0.25, 0.3) is 0 Å². The van der Waals surface area contributed by atoms with Crippen LogP contribution in [-0.4, -0.2) is 27.9 Å². The summed E-state index contributed by atoms with van der Waals surface area (Å²) in [5, 5.41) is 9.38. The molecule has 1 aliphatic heterocycles. The summed E-state index contributed by atoms with van der Waals surface area (Å²) in [6, 6.07) is 3.52. The first-order valence-corrected chi connectivity index (χ1v) is 5.83. The molecule has 6 heteroatoms. The second-order valence-corrected chi connectivity index (χ2v) is 4.64. The van der Waals surface area contributed by atoms with Crippen molar-refractivity contribution in [2.75, 3.05) is 5.75 Å². The van der Waals surface area contributed by atoms with Crippen molar-refractivity contribution in [3.8, 4) is 0 Å². The molecule has 2 rings (SSSR count). The van der Waals surface area contributed by atoms with Crippen LogP contribution >= 0.6 is 23.4 Å². The Morgan fingerprint density at radius 3 is 2.94 bits per heavy atom. The van der Waals surface area contributed by atoms with E-state index in [4.69, 9.17) is 16.7 Å². The molecule has 0 aromatic heterocycles. The summed E-state index contributed by atoms with van der Waals surface area (Å²) in [4.78, 5) is 14.7. The second kappa shape index (κ2) is 4.43. The lowest BCUT2D eigenvalue weighted by Gasteiger charge is -2.00. The maximum Gasteiger partial charge on any atom is 0.329 e. The zero-order chi connectivity index (χ0) is 11.7. The van der Waals surface area contributed by atoms with E-state index in [1.165, 1.54) is 30.0 Å². The highest BCUT2D eigenvalue weighted by Gasteiger charge is 2.25. The molecule has 0 fully saturated rings. The predicted octanol–water partition coefficient (Wildman–Crippen LogP) is 2.43. The number of nitrogens with zero attached hydrogens (tertiary/aromatic N) is 1. The van der Waals surface area contributed by atoms with Crippen molar-refractivity contribution in [2.45, 2.75) is 6.04 Å². The Hall–Kier alpha value is -1.07. The third kappa shape index (κ3) is 2.20. The summed E-state index contributed by atoms with van der Waals surface area (Å²) in [5.74, 6) is -1.04. The lowest BCUT2D eigenvalue weighted by Crippen LogP contribution is -2.17. The Morgan fingerprint density at radius 2 is 2.38 bits per heavy atom. The first kappa shape index (κ1) is 11.4. The zero-order valence-corrected chi connectivity index (χ0v) is 9.56. The number of benzene rings is 1. The molecule has 1 N–H and O–H groups in total. The highest BCUT2D eigenvalue weighted by atomic mass is 35.5. The molecule has 0 bridgehead atoms. The van der Waals surface area contributed by atoms with Gasteiger partial charge in [-0.2, -0.15) is 0 Å². The van der Waals surface area contributed by atoms with Gasteiger partial charge in [-0.3, -0.25) is 4.99 Å². The van der Waals surface area contributed by atoms with E-state index >= 15 is 0 Å². The van der Waals surface area contributed by atoms with Crippen molar-refractivity contribution in [1.29, 1.82) is 0 Å². The number of thioether (sulfide) groups is 1. The fourth-order valence-electron chi connectivity index (χ4n) is 1.29. The molecule has 0 saturated heterocycles.